The van der Waals surface area contributed by atoms with Crippen molar-refractivity contribution in [2.24, 2.45) is 0 Å². The predicted molar refractivity (Wildman–Crippen MR) is 134 cm³/mol. The second kappa shape index (κ2) is 8.72. The molecular weight excluding hydrogens is 438 g/mol. The maximum atomic E-state index is 13.3. The van der Waals surface area contributed by atoms with Gasteiger partial charge in [-0.25, -0.2) is 4.79 Å². The highest BCUT2D eigenvalue weighted by Gasteiger charge is 2.50. The zero-order valence-corrected chi connectivity index (χ0v) is 20.0. The van der Waals surface area contributed by atoms with E-state index in [9.17, 15) is 9.90 Å². The summed E-state index contributed by atoms with van der Waals surface area (Å²) in [6, 6.07) is 24.5. The second-order valence-electron chi connectivity index (χ2n) is 10.00. The molecule has 2 aliphatic heterocycles. The number of amides is 1. The summed E-state index contributed by atoms with van der Waals surface area (Å²) in [5.74, 6) is 0.816. The van der Waals surface area contributed by atoms with Crippen molar-refractivity contribution in [1.82, 2.24) is 4.90 Å². The van der Waals surface area contributed by atoms with Crippen LogP contribution in [0.3, 0.4) is 0 Å². The van der Waals surface area contributed by atoms with Crippen LogP contribution in [0.15, 0.2) is 72.8 Å². The first-order valence-electron chi connectivity index (χ1n) is 12.7. The van der Waals surface area contributed by atoms with E-state index < -0.39 is 5.60 Å². The molecule has 0 radical (unpaired) electrons. The van der Waals surface area contributed by atoms with Gasteiger partial charge in [-0.2, -0.15) is 0 Å². The minimum atomic E-state index is -0.959. The molecule has 0 saturated carbocycles. The van der Waals surface area contributed by atoms with Gasteiger partial charge < -0.3 is 19.5 Å². The van der Waals surface area contributed by atoms with E-state index in [2.05, 4.69) is 36.4 Å². The molecule has 5 nitrogen and oxygen atoms in total. The maximum absolute atomic E-state index is 13.3. The summed E-state index contributed by atoms with van der Waals surface area (Å²) in [5.41, 5.74) is 4.79. The van der Waals surface area contributed by atoms with E-state index in [1.54, 1.807) is 0 Å². The SMILES string of the molecule is CCOc1cccc(C2(O)CC3CCC(C2)N3C(=O)OCC2c3ccccc3-c3ccccc32)c1. The van der Waals surface area contributed by atoms with Crippen LogP contribution in [-0.4, -0.2) is 41.4 Å². The maximum Gasteiger partial charge on any atom is 0.410 e. The highest BCUT2D eigenvalue weighted by molar-refractivity contribution is 5.79. The molecular formula is C30H31NO4. The van der Waals surface area contributed by atoms with E-state index in [4.69, 9.17) is 9.47 Å². The fourth-order valence-electron chi connectivity index (χ4n) is 6.47. The summed E-state index contributed by atoms with van der Waals surface area (Å²) in [6.07, 6.45) is 2.56. The molecule has 1 N–H and O–H groups in total. The average molecular weight is 470 g/mol. The minimum absolute atomic E-state index is 0.0230. The Kier molecular flexibility index (Phi) is 5.53. The van der Waals surface area contributed by atoms with E-state index in [-0.39, 0.29) is 24.1 Å². The van der Waals surface area contributed by atoms with Gasteiger partial charge in [-0.3, -0.25) is 0 Å². The summed E-state index contributed by atoms with van der Waals surface area (Å²) in [5, 5.41) is 11.6. The van der Waals surface area contributed by atoms with Crippen LogP contribution in [0, 0.1) is 0 Å². The molecule has 2 bridgehead atoms. The zero-order valence-electron chi connectivity index (χ0n) is 20.0. The smallest absolute Gasteiger partial charge is 0.410 e. The third-order valence-corrected chi connectivity index (χ3v) is 8.00. The number of hydrogen-bond acceptors (Lipinski definition) is 4. The van der Waals surface area contributed by atoms with Gasteiger partial charge in [-0.05, 0) is 59.7 Å². The third-order valence-electron chi connectivity index (χ3n) is 8.00. The summed E-state index contributed by atoms with van der Waals surface area (Å²) in [7, 11) is 0. The first kappa shape index (κ1) is 22.2. The highest BCUT2D eigenvalue weighted by atomic mass is 16.6. The number of hydrogen-bond donors (Lipinski definition) is 1. The number of piperidine rings is 1. The number of carbonyl (C=O) groups excluding carboxylic acids is 1. The molecule has 3 aromatic carbocycles. The van der Waals surface area contributed by atoms with Crippen LogP contribution in [-0.2, 0) is 10.3 Å². The van der Waals surface area contributed by atoms with Gasteiger partial charge in [0.15, 0.2) is 0 Å². The molecule has 180 valence electrons. The van der Waals surface area contributed by atoms with Crippen LogP contribution in [0.2, 0.25) is 0 Å². The molecule has 2 saturated heterocycles. The molecule has 5 heteroatoms. The molecule has 6 rings (SSSR count). The normalized spacial score (nSPS) is 24.7. The first-order chi connectivity index (χ1) is 17.1. The Bertz CT molecular complexity index is 1190. The van der Waals surface area contributed by atoms with Gasteiger partial charge in [0.05, 0.1) is 12.2 Å². The number of aliphatic hydroxyl groups is 1. The van der Waals surface area contributed by atoms with Crippen molar-refractivity contribution in [2.45, 2.75) is 56.2 Å². The number of nitrogens with zero attached hydrogens (tertiary/aromatic N) is 1. The molecule has 35 heavy (non-hydrogen) atoms. The molecule has 3 aromatic rings. The number of ether oxygens (including phenoxy) is 2. The first-order valence-corrected chi connectivity index (χ1v) is 12.7. The van der Waals surface area contributed by atoms with Crippen LogP contribution in [0.1, 0.15) is 55.2 Å². The molecule has 3 aliphatic rings. The summed E-state index contributed by atoms with van der Waals surface area (Å²) in [6.45, 7) is 2.86. The van der Waals surface area contributed by atoms with E-state index in [1.807, 2.05) is 48.2 Å². The summed E-state index contributed by atoms with van der Waals surface area (Å²) >= 11 is 0. The van der Waals surface area contributed by atoms with E-state index >= 15 is 0 Å². The zero-order chi connectivity index (χ0) is 24.0. The quantitative estimate of drug-likeness (QED) is 0.509. The van der Waals surface area contributed by atoms with Crippen molar-refractivity contribution < 1.29 is 19.4 Å². The average Bonchev–Trinajstić information content (AvgIpc) is 3.35. The Balaban J connectivity index is 1.17. The second-order valence-corrected chi connectivity index (χ2v) is 10.00. The van der Waals surface area contributed by atoms with Crippen molar-refractivity contribution in [3.05, 3.63) is 89.5 Å². The Morgan fingerprint density at radius 2 is 1.57 bits per heavy atom. The van der Waals surface area contributed by atoms with Gasteiger partial charge >= 0.3 is 6.09 Å². The van der Waals surface area contributed by atoms with Crippen molar-refractivity contribution in [3.63, 3.8) is 0 Å². The van der Waals surface area contributed by atoms with E-state index in [0.29, 0.717) is 26.1 Å². The Morgan fingerprint density at radius 1 is 0.943 bits per heavy atom. The molecule has 2 fully saturated rings. The Labute approximate surface area is 206 Å². The number of carbonyl (C=O) groups is 1. The molecule has 2 unspecified atom stereocenters. The standard InChI is InChI=1S/C30H31NO4/c1-2-34-23-9-7-8-20(16-23)30(33)17-21-14-15-22(18-30)31(21)29(32)35-19-28-26-12-5-3-10-24(26)25-11-4-6-13-27(25)28/h3-13,16,21-22,28,33H,2,14-15,17-19H2,1H3. The van der Waals surface area contributed by atoms with Gasteiger partial charge in [-0.15, -0.1) is 0 Å². The van der Waals surface area contributed by atoms with Crippen molar-refractivity contribution in [3.8, 4) is 16.9 Å². The highest BCUT2D eigenvalue weighted by Crippen LogP contribution is 2.47. The van der Waals surface area contributed by atoms with Crippen LogP contribution in [0.5, 0.6) is 5.75 Å². The summed E-state index contributed by atoms with van der Waals surface area (Å²) < 4.78 is 11.6. The van der Waals surface area contributed by atoms with Gasteiger partial charge in [0, 0.05) is 30.8 Å². The van der Waals surface area contributed by atoms with Crippen LogP contribution in [0.25, 0.3) is 11.1 Å². The topological polar surface area (TPSA) is 59.0 Å². The third kappa shape index (κ3) is 3.79. The molecule has 2 atom stereocenters. The summed E-state index contributed by atoms with van der Waals surface area (Å²) in [4.78, 5) is 15.2. The van der Waals surface area contributed by atoms with Crippen LogP contribution in [0.4, 0.5) is 4.79 Å². The predicted octanol–water partition coefficient (Wildman–Crippen LogP) is 5.85. The Morgan fingerprint density at radius 3 is 2.20 bits per heavy atom. The van der Waals surface area contributed by atoms with E-state index in [1.165, 1.54) is 22.3 Å². The minimum Gasteiger partial charge on any atom is -0.494 e. The lowest BCUT2D eigenvalue weighted by atomic mass is 9.80. The monoisotopic (exact) mass is 469 g/mol. The lowest BCUT2D eigenvalue weighted by Gasteiger charge is -2.43. The molecule has 0 spiro atoms. The lowest BCUT2D eigenvalue weighted by molar-refractivity contribution is -0.0532. The fourth-order valence-corrected chi connectivity index (χ4v) is 6.47. The largest absolute Gasteiger partial charge is 0.494 e. The van der Waals surface area contributed by atoms with Crippen LogP contribution < -0.4 is 4.74 Å². The van der Waals surface area contributed by atoms with Gasteiger partial charge in [0.25, 0.3) is 0 Å². The Hall–Kier alpha value is -3.31. The number of benzene rings is 3. The number of rotatable bonds is 5. The van der Waals surface area contributed by atoms with Crippen LogP contribution >= 0.6 is 0 Å². The van der Waals surface area contributed by atoms with Gasteiger partial charge in [0.2, 0.25) is 0 Å². The van der Waals surface area contributed by atoms with Crippen molar-refractivity contribution in [1.29, 1.82) is 0 Å². The molecule has 1 amide bonds. The van der Waals surface area contributed by atoms with Crippen molar-refractivity contribution in [2.75, 3.05) is 13.2 Å². The van der Waals surface area contributed by atoms with Crippen molar-refractivity contribution >= 4 is 6.09 Å². The molecule has 0 aromatic heterocycles. The number of fused-ring (bicyclic) bond motifs is 5. The lowest BCUT2D eigenvalue weighted by Crippen LogP contribution is -2.52. The molecule has 2 heterocycles. The van der Waals surface area contributed by atoms with Gasteiger partial charge in [-0.1, -0.05) is 60.7 Å². The fraction of sp³-hybridized carbons (Fsp3) is 0.367. The van der Waals surface area contributed by atoms with E-state index in [0.717, 1.165) is 24.2 Å². The van der Waals surface area contributed by atoms with Gasteiger partial charge in [0.1, 0.15) is 12.4 Å². The molecule has 1 aliphatic carbocycles.